The van der Waals surface area contributed by atoms with Gasteiger partial charge in [-0.05, 0) is 90.2 Å². The first-order valence-electron chi connectivity index (χ1n) is 18.6. The normalized spacial score (nSPS) is 29.9. The molecule has 2 aliphatic carbocycles. The number of rotatable bonds is 7. The highest BCUT2D eigenvalue weighted by Gasteiger charge is 2.63. The van der Waals surface area contributed by atoms with Crippen LogP contribution >= 0.6 is 0 Å². The predicted octanol–water partition coefficient (Wildman–Crippen LogP) is 4.02. The second-order valence-electron chi connectivity index (χ2n) is 16.8. The van der Waals surface area contributed by atoms with Crippen LogP contribution in [-0.2, 0) is 24.4 Å². The number of nitrogens with zero attached hydrogens (tertiary/aromatic N) is 4. The van der Waals surface area contributed by atoms with Crippen LogP contribution < -0.4 is 19.5 Å². The fourth-order valence-electron chi connectivity index (χ4n) is 7.89. The summed E-state index contributed by atoms with van der Waals surface area (Å²) >= 11 is 0. The van der Waals surface area contributed by atoms with E-state index in [0.29, 0.717) is 42.5 Å². The summed E-state index contributed by atoms with van der Waals surface area (Å²) in [5, 5.41) is 13.4. The summed E-state index contributed by atoms with van der Waals surface area (Å²) in [4.78, 5) is 67.8. The van der Waals surface area contributed by atoms with Crippen molar-refractivity contribution in [1.29, 1.82) is 0 Å². The van der Waals surface area contributed by atoms with Crippen LogP contribution in [0.4, 0.5) is 4.79 Å². The van der Waals surface area contributed by atoms with Crippen molar-refractivity contribution in [3.05, 3.63) is 36.5 Å². The van der Waals surface area contributed by atoms with Crippen molar-refractivity contribution < 1.29 is 42.2 Å². The number of hydrogen-bond donors (Lipinski definition) is 3. The number of amides is 4. The van der Waals surface area contributed by atoms with E-state index in [-0.39, 0.29) is 31.2 Å². The number of carbonyl (C=O) groups excluding carboxylic acids is 3. The molecule has 0 unspecified atom stereocenters. The van der Waals surface area contributed by atoms with Crippen molar-refractivity contribution in [2.24, 2.45) is 17.8 Å². The molecule has 3 fully saturated rings. The summed E-state index contributed by atoms with van der Waals surface area (Å²) in [5.41, 5.74) is -1.41. The molecule has 6 rings (SSSR count). The number of fused-ring (bicyclic) bond motifs is 3. The largest absolute Gasteiger partial charge is 0.497 e. The van der Waals surface area contributed by atoms with E-state index in [0.717, 1.165) is 6.42 Å². The maximum Gasteiger partial charge on any atom is 0.408 e. The van der Waals surface area contributed by atoms with Crippen LogP contribution in [0.5, 0.6) is 11.6 Å². The van der Waals surface area contributed by atoms with Crippen molar-refractivity contribution in [1.82, 2.24) is 29.8 Å². The molecule has 2 aliphatic heterocycles. The standard InChI is InChI=1S/C38H52N6O9S/c1-22-10-8-9-11-24-19-38(24,34(47)42-54(50,51)37(6)14-15-37)41-32(45)29-18-26(53-30-20-39-28-17-25(52-7)12-13-27(28)40-30)21-43(29)33(46)31(23(2)16-22)44(35(48)49)36(3,4)5/h9,11-13,17,20,22-24,26,29,31H,8,10,14-16,18-19,21H2,1-7H3,(H,41,45)(H,42,47)(H,48,49)/t22-,23-,24-,26-,29+,31+,38-/m1/s1. The maximum atomic E-state index is 14.9. The van der Waals surface area contributed by atoms with Crippen molar-refractivity contribution in [2.45, 2.75) is 121 Å². The number of sulfonamides is 1. The summed E-state index contributed by atoms with van der Waals surface area (Å²) in [5.74, 6) is -2.06. The first kappa shape index (κ1) is 39.2. The predicted molar refractivity (Wildman–Crippen MR) is 199 cm³/mol. The number of carboxylic acid groups (broad SMARTS) is 1. The molecule has 1 aromatic carbocycles. The molecule has 2 saturated carbocycles. The number of ether oxygens (including phenoxy) is 2. The average molecular weight is 769 g/mol. The maximum absolute atomic E-state index is 14.9. The van der Waals surface area contributed by atoms with E-state index in [9.17, 15) is 32.7 Å². The van der Waals surface area contributed by atoms with Gasteiger partial charge in [0.15, 0.2) is 0 Å². The Hall–Kier alpha value is -4.47. The van der Waals surface area contributed by atoms with Gasteiger partial charge in [-0.3, -0.25) is 24.0 Å². The lowest BCUT2D eigenvalue weighted by Gasteiger charge is -2.43. The number of carbonyl (C=O) groups is 4. The van der Waals surface area contributed by atoms with E-state index < -0.39 is 79.7 Å². The molecule has 3 heterocycles. The van der Waals surface area contributed by atoms with Crippen molar-refractivity contribution >= 4 is 44.9 Å². The minimum atomic E-state index is -4.01. The number of hydrogen-bond acceptors (Lipinski definition) is 10. The summed E-state index contributed by atoms with van der Waals surface area (Å²) in [6, 6.07) is 2.88. The highest BCUT2D eigenvalue weighted by molar-refractivity contribution is 7.91. The SMILES string of the molecule is COc1ccc2nc(O[C@@H]3C[C@H]4C(=O)N[C@]5(C(=O)NS(=O)(=O)C6(C)CC6)C[C@H]5C=CCC[C@@H](C)C[C@@H](C)[C@H](N(C(=O)O)C(C)(C)C)C(=O)N4C3)cnc2c1. The molecule has 294 valence electrons. The zero-order valence-electron chi connectivity index (χ0n) is 32.0. The molecule has 7 atom stereocenters. The van der Waals surface area contributed by atoms with E-state index in [4.69, 9.17) is 9.47 Å². The van der Waals surface area contributed by atoms with E-state index in [1.165, 1.54) is 16.0 Å². The molecule has 3 N–H and O–H groups in total. The third kappa shape index (κ3) is 7.71. The molecule has 1 aromatic heterocycles. The Labute approximate surface area is 316 Å². The van der Waals surface area contributed by atoms with E-state index in [1.807, 2.05) is 19.1 Å². The minimum Gasteiger partial charge on any atom is -0.497 e. The summed E-state index contributed by atoms with van der Waals surface area (Å²) in [6.07, 6.45) is 6.16. The van der Waals surface area contributed by atoms with Crippen LogP contribution in [0.25, 0.3) is 11.0 Å². The van der Waals surface area contributed by atoms with Gasteiger partial charge in [0.05, 0.1) is 35.6 Å². The molecular formula is C38H52N6O9S. The van der Waals surface area contributed by atoms with E-state index >= 15 is 0 Å². The second kappa shape index (κ2) is 14.3. The molecule has 2 aromatic rings. The summed E-state index contributed by atoms with van der Waals surface area (Å²) in [6.45, 7) is 10.6. The Morgan fingerprint density at radius 3 is 2.50 bits per heavy atom. The Bertz CT molecular complexity index is 1960. The molecular weight excluding hydrogens is 717 g/mol. The van der Waals surface area contributed by atoms with Crippen LogP contribution in [0.2, 0.25) is 0 Å². The minimum absolute atomic E-state index is 0.00539. The molecule has 4 amide bonds. The van der Waals surface area contributed by atoms with Gasteiger partial charge in [-0.15, -0.1) is 0 Å². The molecule has 54 heavy (non-hydrogen) atoms. The lowest BCUT2D eigenvalue weighted by atomic mass is 9.85. The van der Waals surface area contributed by atoms with Gasteiger partial charge in [-0.1, -0.05) is 26.0 Å². The molecule has 4 aliphatic rings. The first-order valence-corrected chi connectivity index (χ1v) is 20.1. The number of allylic oxidation sites excluding steroid dienone is 1. The van der Waals surface area contributed by atoms with Crippen LogP contribution in [-0.4, -0.2) is 105 Å². The number of methoxy groups -OCH3 is 1. The second-order valence-corrected chi connectivity index (χ2v) is 19.0. The number of benzene rings is 1. The topological polar surface area (TPSA) is 197 Å². The number of nitrogens with one attached hydrogen (secondary N) is 2. The van der Waals surface area contributed by atoms with Gasteiger partial charge in [0, 0.05) is 23.9 Å². The van der Waals surface area contributed by atoms with E-state index in [1.54, 1.807) is 53.0 Å². The van der Waals surface area contributed by atoms with Crippen LogP contribution in [0.1, 0.15) is 86.5 Å². The smallest absolute Gasteiger partial charge is 0.408 e. The lowest BCUT2D eigenvalue weighted by Crippen LogP contribution is -2.62. The zero-order valence-corrected chi connectivity index (χ0v) is 32.8. The molecule has 1 saturated heterocycles. The Kier molecular flexibility index (Phi) is 10.4. The van der Waals surface area contributed by atoms with Gasteiger partial charge in [-0.2, -0.15) is 0 Å². The Balaban J connectivity index is 1.37. The molecule has 0 radical (unpaired) electrons. The van der Waals surface area contributed by atoms with Crippen LogP contribution in [0, 0.1) is 17.8 Å². The van der Waals surface area contributed by atoms with Gasteiger partial charge in [0.2, 0.25) is 27.7 Å². The third-order valence-electron chi connectivity index (χ3n) is 11.4. The number of aromatic nitrogens is 2. The van der Waals surface area contributed by atoms with Crippen LogP contribution in [0.3, 0.4) is 0 Å². The highest BCUT2D eigenvalue weighted by Crippen LogP contribution is 2.47. The van der Waals surface area contributed by atoms with Gasteiger partial charge >= 0.3 is 6.09 Å². The van der Waals surface area contributed by atoms with Gasteiger partial charge < -0.3 is 24.8 Å². The van der Waals surface area contributed by atoms with Crippen molar-refractivity contribution in [2.75, 3.05) is 13.7 Å². The van der Waals surface area contributed by atoms with Gasteiger partial charge in [0.1, 0.15) is 29.5 Å². The molecule has 0 bridgehead atoms. The van der Waals surface area contributed by atoms with Crippen molar-refractivity contribution in [3.63, 3.8) is 0 Å². The Morgan fingerprint density at radius 1 is 1.13 bits per heavy atom. The fraction of sp³-hybridized carbons (Fsp3) is 0.632. The average Bonchev–Trinajstić information content (AvgIpc) is 3.97. The van der Waals surface area contributed by atoms with Gasteiger partial charge in [0.25, 0.3) is 5.91 Å². The van der Waals surface area contributed by atoms with Gasteiger partial charge in [-0.25, -0.2) is 23.2 Å². The summed E-state index contributed by atoms with van der Waals surface area (Å²) < 4.78 is 39.1. The molecule has 0 spiro atoms. The van der Waals surface area contributed by atoms with E-state index in [2.05, 4.69) is 26.9 Å². The monoisotopic (exact) mass is 768 g/mol. The summed E-state index contributed by atoms with van der Waals surface area (Å²) in [7, 11) is -2.46. The van der Waals surface area contributed by atoms with Crippen molar-refractivity contribution in [3.8, 4) is 11.6 Å². The zero-order chi connectivity index (χ0) is 39.4. The lowest BCUT2D eigenvalue weighted by molar-refractivity contribution is -0.146. The quantitative estimate of drug-likeness (QED) is 0.344. The fourth-order valence-corrected chi connectivity index (χ4v) is 9.21. The molecule has 16 heteroatoms. The highest BCUT2D eigenvalue weighted by atomic mass is 32.2. The molecule has 15 nitrogen and oxygen atoms in total. The first-order chi connectivity index (χ1) is 25.3. The third-order valence-corrected chi connectivity index (χ3v) is 13.6. The van der Waals surface area contributed by atoms with Crippen LogP contribution in [0.15, 0.2) is 36.5 Å². The Morgan fingerprint density at radius 2 is 1.85 bits per heavy atom.